The molecule has 0 unspecified atom stereocenters. The number of rotatable bonds is 7. The molecule has 0 spiro atoms. The number of hydrogen-bond donors (Lipinski definition) is 3. The fourth-order valence-corrected chi connectivity index (χ4v) is 9.14. The molecular formula is C33H43N5O9S2. The molecule has 6 rings (SSSR count). The first kappa shape index (κ1) is 35.1. The fraction of sp³-hybridized carbons (Fsp3) is 0.606. The highest BCUT2D eigenvalue weighted by molar-refractivity contribution is 8.10. The van der Waals surface area contributed by atoms with E-state index in [1.165, 1.54) is 11.0 Å². The van der Waals surface area contributed by atoms with Crippen molar-refractivity contribution in [1.82, 2.24) is 25.2 Å². The molecule has 1 saturated carbocycles. The monoisotopic (exact) mass is 717 g/mol. The van der Waals surface area contributed by atoms with E-state index in [0.29, 0.717) is 32.4 Å². The van der Waals surface area contributed by atoms with Gasteiger partial charge in [-0.15, -0.1) is 18.3 Å². The molecule has 1 aliphatic carbocycles. The van der Waals surface area contributed by atoms with Crippen LogP contribution in [0.2, 0.25) is 0 Å². The van der Waals surface area contributed by atoms with Crippen molar-refractivity contribution in [3.8, 4) is 0 Å². The van der Waals surface area contributed by atoms with Crippen molar-refractivity contribution < 1.29 is 41.9 Å². The van der Waals surface area contributed by atoms with Gasteiger partial charge in [0.05, 0.1) is 23.7 Å². The fourth-order valence-electron chi connectivity index (χ4n) is 6.72. The van der Waals surface area contributed by atoms with E-state index in [0.717, 1.165) is 47.7 Å². The van der Waals surface area contributed by atoms with Crippen LogP contribution in [0.25, 0.3) is 0 Å². The highest BCUT2D eigenvalue weighted by Crippen LogP contribution is 2.53. The number of ether oxygens (including phenoxy) is 2. The van der Waals surface area contributed by atoms with Gasteiger partial charge >= 0.3 is 12.2 Å². The second-order valence-electron chi connectivity index (χ2n) is 13.6. The van der Waals surface area contributed by atoms with Crippen LogP contribution < -0.4 is 15.4 Å². The predicted octanol–water partition coefficient (Wildman–Crippen LogP) is 2.31. The molecule has 4 aliphatic heterocycles. The van der Waals surface area contributed by atoms with Crippen molar-refractivity contribution in [2.45, 2.75) is 105 Å². The van der Waals surface area contributed by atoms with Crippen LogP contribution in [0.15, 0.2) is 30.9 Å². The van der Waals surface area contributed by atoms with E-state index < -0.39 is 79.4 Å². The van der Waals surface area contributed by atoms with Gasteiger partial charge in [-0.2, -0.15) is 0 Å². The summed E-state index contributed by atoms with van der Waals surface area (Å²) >= 11 is 1.02. The lowest BCUT2D eigenvalue weighted by Gasteiger charge is -2.30. The number of carbonyl (C=O) groups is 5. The number of hydrogen-bond acceptors (Lipinski definition) is 10. The van der Waals surface area contributed by atoms with E-state index in [2.05, 4.69) is 28.0 Å². The Balaban J connectivity index is 1.25. The smallest absolute Gasteiger partial charge is 0.410 e. The summed E-state index contributed by atoms with van der Waals surface area (Å²) in [5.41, 5.74) is 3.27. The third-order valence-corrected chi connectivity index (χ3v) is 13.0. The van der Waals surface area contributed by atoms with E-state index >= 15 is 0 Å². The Kier molecular flexibility index (Phi) is 9.90. The number of alkyl carbamates (subject to hydrolysis) is 1. The molecule has 4 bridgehead atoms. The summed E-state index contributed by atoms with van der Waals surface area (Å²) in [5.74, 6) is -2.61. The summed E-state index contributed by atoms with van der Waals surface area (Å²) in [4.78, 5) is 68.9. The maximum atomic E-state index is 14.1. The Labute approximate surface area is 290 Å². The molecule has 4 heterocycles. The summed E-state index contributed by atoms with van der Waals surface area (Å²) in [6.45, 7) is 7.99. The Morgan fingerprint density at radius 2 is 1.88 bits per heavy atom. The van der Waals surface area contributed by atoms with Crippen LogP contribution in [0.1, 0.15) is 69.1 Å². The summed E-state index contributed by atoms with van der Waals surface area (Å²) in [7, 11) is -3.91. The summed E-state index contributed by atoms with van der Waals surface area (Å²) < 4.78 is 38.6. The van der Waals surface area contributed by atoms with Crippen molar-refractivity contribution in [2.75, 3.05) is 13.2 Å². The lowest BCUT2D eigenvalue weighted by molar-refractivity contribution is -0.141. The van der Waals surface area contributed by atoms with Crippen LogP contribution in [-0.4, -0.2) is 94.8 Å². The minimum absolute atomic E-state index is 0.0773. The van der Waals surface area contributed by atoms with Crippen LogP contribution in [0.3, 0.4) is 0 Å². The number of sulfonamides is 1. The molecular weight excluding hydrogens is 675 g/mol. The van der Waals surface area contributed by atoms with E-state index in [1.54, 1.807) is 18.7 Å². The molecule has 0 radical (unpaired) electrons. The second kappa shape index (κ2) is 13.8. The predicted molar refractivity (Wildman–Crippen MR) is 179 cm³/mol. The number of carbonyl (C=O) groups excluding carboxylic acids is 5. The number of nitrogens with zero attached hydrogens (tertiary/aromatic N) is 2. The Morgan fingerprint density at radius 1 is 1.12 bits per heavy atom. The number of benzene rings is 1. The van der Waals surface area contributed by atoms with Crippen molar-refractivity contribution in [3.05, 3.63) is 47.5 Å². The second-order valence-corrected chi connectivity index (χ2v) is 17.0. The van der Waals surface area contributed by atoms with Crippen molar-refractivity contribution in [3.63, 3.8) is 0 Å². The minimum atomic E-state index is -3.91. The maximum absolute atomic E-state index is 14.1. The van der Waals surface area contributed by atoms with Gasteiger partial charge < -0.3 is 25.0 Å². The zero-order chi connectivity index (χ0) is 35.1. The molecule has 3 fully saturated rings. The van der Waals surface area contributed by atoms with Gasteiger partial charge in [0.15, 0.2) is 4.87 Å². The van der Waals surface area contributed by atoms with Gasteiger partial charge in [-0.1, -0.05) is 38.1 Å². The van der Waals surface area contributed by atoms with Crippen LogP contribution in [0, 0.1) is 5.92 Å². The van der Waals surface area contributed by atoms with Crippen molar-refractivity contribution in [1.29, 1.82) is 0 Å². The molecule has 0 aromatic heterocycles. The first-order chi connectivity index (χ1) is 23.3. The highest BCUT2D eigenvalue weighted by atomic mass is 32.2. The number of nitrogens with one attached hydrogen (secondary N) is 3. The number of fused-ring (bicyclic) bond motifs is 3. The third kappa shape index (κ3) is 7.39. The number of aryl methyl sites for hydroxylation is 1. The van der Waals surface area contributed by atoms with Gasteiger partial charge in [-0.3, -0.25) is 19.3 Å². The highest BCUT2D eigenvalue weighted by Gasteiger charge is 2.63. The van der Waals surface area contributed by atoms with Crippen LogP contribution in [-0.2, 0) is 53.4 Å². The lowest BCUT2D eigenvalue weighted by Crippen LogP contribution is -2.59. The average molecular weight is 718 g/mol. The summed E-state index contributed by atoms with van der Waals surface area (Å²) in [5, 5.41) is 4.07. The first-order valence-corrected chi connectivity index (χ1v) is 19.2. The summed E-state index contributed by atoms with van der Waals surface area (Å²) in [6.07, 6.45) is 3.19. The van der Waals surface area contributed by atoms with Crippen LogP contribution in [0.4, 0.5) is 9.59 Å². The number of amides is 5. The molecule has 1 aromatic rings. The SMILES string of the molecule is C=C[C@@H]1S[C@]1(NC(=O)[C@@H]1C[C@@H]2CN1C(=O)[C@H](C(C)C)NC(=O)OCCCCCc1cccc3c1CN(C3)C(=O)O2)C(=O)NS(=O)(=O)C1CC1. The zero-order valence-corrected chi connectivity index (χ0v) is 29.3. The minimum Gasteiger partial charge on any atom is -0.450 e. The molecule has 49 heavy (non-hydrogen) atoms. The van der Waals surface area contributed by atoms with Crippen LogP contribution >= 0.6 is 11.8 Å². The summed E-state index contributed by atoms with van der Waals surface area (Å²) in [6, 6.07) is 3.75. The molecule has 3 N–H and O–H groups in total. The molecule has 5 amide bonds. The number of cyclic esters (lactones) is 1. The molecule has 5 aliphatic rings. The van der Waals surface area contributed by atoms with Gasteiger partial charge in [0.25, 0.3) is 5.91 Å². The first-order valence-electron chi connectivity index (χ1n) is 16.8. The largest absolute Gasteiger partial charge is 0.450 e. The van der Waals surface area contributed by atoms with E-state index in [-0.39, 0.29) is 19.6 Å². The molecule has 266 valence electrons. The molecule has 14 nitrogen and oxygen atoms in total. The standard InChI is InChI=1S/C33H43N5O9S2/c1-4-26-33(48-26,30(41)36-49(44,45)23-12-13-23)35-28(39)25-15-22-17-38(25)29(40)27(19(2)3)34-31(42)46-14-7-5-6-9-20-10-8-11-21-16-37(18-24(20)21)32(43)47-22/h4,8,10-11,19,22-23,25-27H,1,5-7,9,12-18H2,2-3H3,(H,34,42)(H,35,39)(H,36,41)/t22-,25+,26+,27+,33+/m1/s1. The molecule has 5 atom stereocenters. The normalized spacial score (nSPS) is 29.2. The topological polar surface area (TPSA) is 181 Å². The quantitative estimate of drug-likeness (QED) is 0.280. The van der Waals surface area contributed by atoms with Gasteiger partial charge in [-0.05, 0) is 61.1 Å². The molecule has 16 heteroatoms. The van der Waals surface area contributed by atoms with E-state index in [4.69, 9.17) is 9.47 Å². The van der Waals surface area contributed by atoms with Crippen molar-refractivity contribution >= 4 is 51.7 Å². The maximum Gasteiger partial charge on any atom is 0.410 e. The lowest BCUT2D eigenvalue weighted by atomic mass is 9.99. The molecule has 2 saturated heterocycles. The zero-order valence-electron chi connectivity index (χ0n) is 27.6. The number of thioether (sulfide) groups is 1. The van der Waals surface area contributed by atoms with Crippen molar-refractivity contribution in [2.24, 2.45) is 5.92 Å². The van der Waals surface area contributed by atoms with Crippen LogP contribution in [0.5, 0.6) is 0 Å². The molecule has 1 aromatic carbocycles. The van der Waals surface area contributed by atoms with Gasteiger partial charge in [0.1, 0.15) is 18.2 Å². The van der Waals surface area contributed by atoms with E-state index in [9.17, 15) is 32.4 Å². The third-order valence-electron chi connectivity index (χ3n) is 9.70. The van der Waals surface area contributed by atoms with E-state index in [1.807, 2.05) is 12.1 Å². The average Bonchev–Trinajstić information content (AvgIpc) is 3.95. The Hall–Kier alpha value is -3.79. The van der Waals surface area contributed by atoms with Gasteiger partial charge in [0.2, 0.25) is 21.8 Å². The van der Waals surface area contributed by atoms with Gasteiger partial charge in [0, 0.05) is 19.5 Å². The Bertz CT molecular complexity index is 1650. The Morgan fingerprint density at radius 3 is 2.57 bits per heavy atom. The van der Waals surface area contributed by atoms with Gasteiger partial charge in [-0.25, -0.2) is 22.7 Å².